The first-order chi connectivity index (χ1) is 11.6. The van der Waals surface area contributed by atoms with Crippen LogP contribution in [0.25, 0.3) is 12.2 Å². The zero-order chi connectivity index (χ0) is 17.1. The van der Waals surface area contributed by atoms with Crippen molar-refractivity contribution in [2.45, 2.75) is 13.0 Å². The van der Waals surface area contributed by atoms with Gasteiger partial charge in [0.2, 0.25) is 0 Å². The van der Waals surface area contributed by atoms with E-state index in [4.69, 9.17) is 4.74 Å². The summed E-state index contributed by atoms with van der Waals surface area (Å²) in [4.78, 5) is 2.18. The van der Waals surface area contributed by atoms with Crippen LogP contribution in [0.3, 0.4) is 0 Å². The molecule has 1 aliphatic rings. The molecule has 0 amide bonds. The van der Waals surface area contributed by atoms with E-state index in [1.165, 1.54) is 6.07 Å². The van der Waals surface area contributed by atoms with Gasteiger partial charge in [0, 0.05) is 18.3 Å². The molecule has 1 atom stereocenters. The Labute approximate surface area is 141 Å². The van der Waals surface area contributed by atoms with E-state index >= 15 is 0 Å². The Bertz CT molecular complexity index is 795. The molecule has 24 heavy (non-hydrogen) atoms. The lowest BCUT2D eigenvalue weighted by Gasteiger charge is -2.30. The lowest BCUT2D eigenvalue weighted by Crippen LogP contribution is -2.30. The average molecular weight is 323 g/mol. The topological polar surface area (TPSA) is 52.9 Å². The Balaban J connectivity index is 1.80. The van der Waals surface area contributed by atoms with Crippen LogP contribution < -0.4 is 9.64 Å². The third kappa shape index (κ3) is 3.23. The van der Waals surface area contributed by atoms with Gasteiger partial charge in [-0.15, -0.1) is 0 Å². The fourth-order valence-corrected chi connectivity index (χ4v) is 2.78. The van der Waals surface area contributed by atoms with Crippen molar-refractivity contribution in [2.75, 3.05) is 18.6 Å². The smallest absolute Gasteiger partial charge is 0.157 e. The molecule has 2 aromatic rings. The quantitative estimate of drug-likeness (QED) is 0.834. The van der Waals surface area contributed by atoms with Crippen LogP contribution in [0.15, 0.2) is 48.6 Å². The zero-order valence-corrected chi connectivity index (χ0v) is 13.8. The molecule has 1 unspecified atom stereocenters. The largest absolute Gasteiger partial charge is 0.504 e. The molecule has 0 aliphatic carbocycles. The molecule has 3 rings (SSSR count). The van der Waals surface area contributed by atoms with E-state index in [1.54, 1.807) is 12.1 Å². The first-order valence-electron chi connectivity index (χ1n) is 7.96. The van der Waals surface area contributed by atoms with Crippen LogP contribution in [-0.2, 0) is 0 Å². The number of hydrogen-bond donors (Lipinski definition) is 2. The monoisotopic (exact) mass is 323 g/mol. The summed E-state index contributed by atoms with van der Waals surface area (Å²) >= 11 is 0. The third-order valence-electron chi connectivity index (χ3n) is 4.10. The van der Waals surface area contributed by atoms with Crippen LogP contribution in [0.4, 0.5) is 5.69 Å². The van der Waals surface area contributed by atoms with E-state index in [9.17, 15) is 10.2 Å². The summed E-state index contributed by atoms with van der Waals surface area (Å²) in [6.45, 7) is 2.63. The molecule has 0 bridgehead atoms. The van der Waals surface area contributed by atoms with Crippen molar-refractivity contribution >= 4 is 17.8 Å². The number of phenolic OH excluding ortho intramolecular Hbond substituents is 2. The van der Waals surface area contributed by atoms with Gasteiger partial charge in [-0.2, -0.15) is 0 Å². The highest BCUT2D eigenvalue weighted by Gasteiger charge is 2.17. The standard InChI is InChI=1S/C20H21NO3/c1-3-24-17-9-10-18-15(13-17)6-8-16(21(18)2)7-4-14-5-11-19(22)20(23)12-14/h4-13,16,22-23H,3H2,1-2H3/b7-4+. The van der Waals surface area contributed by atoms with Crippen molar-refractivity contribution in [1.29, 1.82) is 0 Å². The molecule has 1 aliphatic heterocycles. The van der Waals surface area contributed by atoms with Crippen molar-refractivity contribution in [3.05, 3.63) is 59.7 Å². The number of likely N-dealkylation sites (N-methyl/N-ethyl adjacent to an activating group) is 1. The third-order valence-corrected chi connectivity index (χ3v) is 4.10. The Kier molecular flexibility index (Phi) is 4.47. The second-order valence-electron chi connectivity index (χ2n) is 5.72. The SMILES string of the molecule is CCOc1ccc2c(c1)C=CC(/C=C/c1ccc(O)c(O)c1)N2C. The van der Waals surface area contributed by atoms with E-state index in [0.29, 0.717) is 6.61 Å². The fourth-order valence-electron chi connectivity index (χ4n) is 2.78. The van der Waals surface area contributed by atoms with Crippen molar-refractivity contribution in [3.63, 3.8) is 0 Å². The number of ether oxygens (including phenoxy) is 1. The maximum Gasteiger partial charge on any atom is 0.157 e. The van der Waals surface area contributed by atoms with Gasteiger partial charge in [-0.25, -0.2) is 0 Å². The number of benzene rings is 2. The Morgan fingerprint density at radius 3 is 2.71 bits per heavy atom. The number of phenols is 2. The lowest BCUT2D eigenvalue weighted by molar-refractivity contribution is 0.340. The van der Waals surface area contributed by atoms with Gasteiger partial charge in [0.05, 0.1) is 12.6 Å². The minimum atomic E-state index is -0.113. The molecule has 124 valence electrons. The Morgan fingerprint density at radius 1 is 1.12 bits per heavy atom. The van der Waals surface area contributed by atoms with Gasteiger partial charge in [0.15, 0.2) is 11.5 Å². The fraction of sp³-hybridized carbons (Fsp3) is 0.200. The van der Waals surface area contributed by atoms with Gasteiger partial charge in [-0.1, -0.05) is 30.4 Å². The maximum absolute atomic E-state index is 9.57. The van der Waals surface area contributed by atoms with E-state index < -0.39 is 0 Å². The summed E-state index contributed by atoms with van der Waals surface area (Å²) in [6.07, 6.45) is 8.21. The minimum Gasteiger partial charge on any atom is -0.504 e. The highest BCUT2D eigenvalue weighted by atomic mass is 16.5. The lowest BCUT2D eigenvalue weighted by atomic mass is 10.0. The van der Waals surface area contributed by atoms with Gasteiger partial charge < -0.3 is 19.8 Å². The van der Waals surface area contributed by atoms with Gasteiger partial charge in [0.25, 0.3) is 0 Å². The molecule has 2 N–H and O–H groups in total. The second-order valence-corrected chi connectivity index (χ2v) is 5.72. The maximum atomic E-state index is 9.57. The normalized spacial score (nSPS) is 16.4. The predicted molar refractivity (Wildman–Crippen MR) is 97.6 cm³/mol. The first kappa shape index (κ1) is 16.0. The molecule has 2 aromatic carbocycles. The highest BCUT2D eigenvalue weighted by Crippen LogP contribution is 2.32. The molecule has 0 saturated carbocycles. The highest BCUT2D eigenvalue weighted by molar-refractivity contribution is 5.74. The van der Waals surface area contributed by atoms with Crippen LogP contribution in [0.1, 0.15) is 18.1 Å². The zero-order valence-electron chi connectivity index (χ0n) is 13.8. The van der Waals surface area contributed by atoms with Gasteiger partial charge >= 0.3 is 0 Å². The predicted octanol–water partition coefficient (Wildman–Crippen LogP) is 4.04. The number of hydrogen-bond acceptors (Lipinski definition) is 4. The number of nitrogens with zero attached hydrogens (tertiary/aromatic N) is 1. The molecule has 4 heteroatoms. The summed E-state index contributed by atoms with van der Waals surface area (Å²) in [5.41, 5.74) is 3.11. The number of fused-ring (bicyclic) bond motifs is 1. The van der Waals surface area contributed by atoms with Crippen LogP contribution in [0.2, 0.25) is 0 Å². The molecule has 1 heterocycles. The average Bonchev–Trinajstić information content (AvgIpc) is 2.57. The number of rotatable bonds is 4. The van der Waals surface area contributed by atoms with Crippen molar-refractivity contribution in [1.82, 2.24) is 0 Å². The van der Waals surface area contributed by atoms with E-state index in [2.05, 4.69) is 29.2 Å². The Morgan fingerprint density at radius 2 is 1.96 bits per heavy atom. The van der Waals surface area contributed by atoms with Crippen molar-refractivity contribution < 1.29 is 14.9 Å². The van der Waals surface area contributed by atoms with Gasteiger partial charge in [-0.05, 0) is 42.8 Å². The summed E-state index contributed by atoms with van der Waals surface area (Å²) in [5.74, 6) is 0.655. The number of anilines is 1. The first-order valence-corrected chi connectivity index (χ1v) is 7.96. The summed E-state index contributed by atoms with van der Waals surface area (Å²) in [5, 5.41) is 18.9. The molecular weight excluding hydrogens is 302 g/mol. The van der Waals surface area contributed by atoms with Crippen LogP contribution in [0, 0.1) is 0 Å². The summed E-state index contributed by atoms with van der Waals surface area (Å²) < 4.78 is 5.55. The van der Waals surface area contributed by atoms with Gasteiger partial charge in [-0.3, -0.25) is 0 Å². The molecule has 0 fully saturated rings. The summed E-state index contributed by atoms with van der Waals surface area (Å²) in [6, 6.07) is 11.0. The summed E-state index contributed by atoms with van der Waals surface area (Å²) in [7, 11) is 2.05. The van der Waals surface area contributed by atoms with Crippen molar-refractivity contribution in [3.8, 4) is 17.2 Å². The minimum absolute atomic E-state index is 0.110. The van der Waals surface area contributed by atoms with Gasteiger partial charge in [0.1, 0.15) is 5.75 Å². The van der Waals surface area contributed by atoms with E-state index in [-0.39, 0.29) is 17.5 Å². The molecule has 0 saturated heterocycles. The van der Waals surface area contributed by atoms with Crippen LogP contribution >= 0.6 is 0 Å². The molecular formula is C20H21NO3. The molecule has 0 radical (unpaired) electrons. The van der Waals surface area contributed by atoms with Crippen LogP contribution in [0.5, 0.6) is 17.2 Å². The molecule has 0 aromatic heterocycles. The Hall–Kier alpha value is -2.88. The molecule has 0 spiro atoms. The van der Waals surface area contributed by atoms with E-state index in [0.717, 1.165) is 22.6 Å². The van der Waals surface area contributed by atoms with Crippen molar-refractivity contribution in [2.24, 2.45) is 0 Å². The second kappa shape index (κ2) is 6.71. The van der Waals surface area contributed by atoms with Crippen LogP contribution in [-0.4, -0.2) is 29.9 Å². The van der Waals surface area contributed by atoms with E-state index in [1.807, 2.05) is 32.2 Å². The number of aromatic hydroxyl groups is 2. The molecule has 4 nitrogen and oxygen atoms in total.